The van der Waals surface area contributed by atoms with Crippen molar-refractivity contribution in [1.29, 1.82) is 0 Å². The van der Waals surface area contributed by atoms with Gasteiger partial charge in [-0.25, -0.2) is 0 Å². The summed E-state index contributed by atoms with van der Waals surface area (Å²) < 4.78 is 3.24. The van der Waals surface area contributed by atoms with Gasteiger partial charge in [0.15, 0.2) is 0 Å². The lowest BCUT2D eigenvalue weighted by Crippen LogP contribution is -2.28. The smallest absolute Gasteiger partial charge is 0.306 e. The first kappa shape index (κ1) is 15.7. The van der Waals surface area contributed by atoms with Crippen LogP contribution in [0.15, 0.2) is 24.7 Å². The predicted molar refractivity (Wildman–Crippen MR) is 77.9 cm³/mol. The number of nitro groups is 1. The zero-order chi connectivity index (χ0) is 16.1. The maximum atomic E-state index is 12.1. The largest absolute Gasteiger partial charge is 0.340 e. The number of carbonyl (C=O) groups is 1. The maximum Gasteiger partial charge on any atom is 0.306 e. The number of amides is 1. The lowest BCUT2D eigenvalue weighted by molar-refractivity contribution is -0.385. The Bertz CT molecular complexity index is 662. The molecule has 0 N–H and O–H groups in total. The molecule has 0 saturated heterocycles. The standard InChI is InChI=1S/C13H18N6O3/c1-3-18-11(4-6-14-18)9-16(2)13(20)5-7-17-10-12(8-15-17)19(21)22/h4,6,8,10H,3,5,7,9H2,1-2H3. The summed E-state index contributed by atoms with van der Waals surface area (Å²) in [7, 11) is 1.72. The number of carbonyl (C=O) groups excluding carboxylic acids is 1. The van der Waals surface area contributed by atoms with Gasteiger partial charge in [0, 0.05) is 32.8 Å². The van der Waals surface area contributed by atoms with Crippen molar-refractivity contribution in [2.45, 2.75) is 33.0 Å². The molecule has 1 amide bonds. The average Bonchev–Trinajstić information content (AvgIpc) is 3.13. The molecule has 0 bridgehead atoms. The van der Waals surface area contributed by atoms with Gasteiger partial charge in [0.05, 0.1) is 17.2 Å². The van der Waals surface area contributed by atoms with Gasteiger partial charge >= 0.3 is 5.69 Å². The molecule has 2 heterocycles. The molecule has 0 fully saturated rings. The average molecular weight is 306 g/mol. The topological polar surface area (TPSA) is 99.1 Å². The third-order valence-corrected chi connectivity index (χ3v) is 3.31. The number of nitrogens with zero attached hydrogens (tertiary/aromatic N) is 6. The summed E-state index contributed by atoms with van der Waals surface area (Å²) in [6.45, 7) is 3.53. The van der Waals surface area contributed by atoms with Gasteiger partial charge in [0.1, 0.15) is 12.4 Å². The van der Waals surface area contributed by atoms with Crippen molar-refractivity contribution in [3.63, 3.8) is 0 Å². The molecular weight excluding hydrogens is 288 g/mol. The molecule has 0 aliphatic rings. The van der Waals surface area contributed by atoms with Gasteiger partial charge in [-0.15, -0.1) is 0 Å². The first-order valence-corrected chi connectivity index (χ1v) is 6.92. The third kappa shape index (κ3) is 3.68. The first-order chi connectivity index (χ1) is 10.5. The summed E-state index contributed by atoms with van der Waals surface area (Å²) in [4.78, 5) is 23.8. The van der Waals surface area contributed by atoms with Gasteiger partial charge in [0.25, 0.3) is 0 Å². The quantitative estimate of drug-likeness (QED) is 0.562. The summed E-state index contributed by atoms with van der Waals surface area (Å²) in [6, 6.07) is 1.88. The summed E-state index contributed by atoms with van der Waals surface area (Å²) >= 11 is 0. The highest BCUT2D eigenvalue weighted by atomic mass is 16.6. The van der Waals surface area contributed by atoms with E-state index in [-0.39, 0.29) is 18.0 Å². The number of rotatable bonds is 7. The molecule has 0 spiro atoms. The van der Waals surface area contributed by atoms with Crippen LogP contribution in [0.1, 0.15) is 19.0 Å². The molecule has 0 atom stereocenters. The van der Waals surface area contributed by atoms with E-state index in [0.717, 1.165) is 12.2 Å². The van der Waals surface area contributed by atoms with Gasteiger partial charge in [-0.1, -0.05) is 0 Å². The third-order valence-electron chi connectivity index (χ3n) is 3.31. The molecule has 118 valence electrons. The van der Waals surface area contributed by atoms with Gasteiger partial charge in [0.2, 0.25) is 5.91 Å². The molecule has 2 aromatic rings. The van der Waals surface area contributed by atoms with Crippen molar-refractivity contribution in [1.82, 2.24) is 24.5 Å². The fourth-order valence-corrected chi connectivity index (χ4v) is 2.08. The molecule has 9 nitrogen and oxygen atoms in total. The second kappa shape index (κ2) is 6.83. The van der Waals surface area contributed by atoms with Crippen LogP contribution in [0, 0.1) is 10.1 Å². The minimum Gasteiger partial charge on any atom is -0.340 e. The van der Waals surface area contributed by atoms with Crippen molar-refractivity contribution in [3.05, 3.63) is 40.5 Å². The summed E-state index contributed by atoms with van der Waals surface area (Å²) in [6.07, 6.45) is 4.43. The maximum absolute atomic E-state index is 12.1. The molecular formula is C13H18N6O3. The van der Waals surface area contributed by atoms with Crippen LogP contribution in [0.4, 0.5) is 5.69 Å². The Kier molecular flexibility index (Phi) is 4.87. The van der Waals surface area contributed by atoms with Gasteiger partial charge < -0.3 is 4.90 Å². The normalized spacial score (nSPS) is 10.6. The number of hydrogen-bond donors (Lipinski definition) is 0. The molecule has 0 aromatic carbocycles. The highest BCUT2D eigenvalue weighted by Gasteiger charge is 2.13. The SMILES string of the molecule is CCn1nccc1CN(C)C(=O)CCn1cc([N+](=O)[O-])cn1. The molecule has 0 aliphatic carbocycles. The Morgan fingerprint density at radius 2 is 2.23 bits per heavy atom. The number of aromatic nitrogens is 4. The first-order valence-electron chi connectivity index (χ1n) is 6.92. The van der Waals surface area contributed by atoms with E-state index in [1.807, 2.05) is 17.7 Å². The summed E-state index contributed by atoms with van der Waals surface area (Å²) in [5.41, 5.74) is 0.890. The second-order valence-corrected chi connectivity index (χ2v) is 4.86. The minimum absolute atomic E-state index is 0.0537. The highest BCUT2D eigenvalue weighted by molar-refractivity contribution is 5.75. The molecule has 22 heavy (non-hydrogen) atoms. The lowest BCUT2D eigenvalue weighted by atomic mass is 10.3. The summed E-state index contributed by atoms with van der Waals surface area (Å²) in [5.74, 6) is -0.0537. The lowest BCUT2D eigenvalue weighted by Gasteiger charge is -2.17. The molecule has 0 unspecified atom stereocenters. The Hall–Kier alpha value is -2.71. The van der Waals surface area contributed by atoms with Crippen LogP contribution < -0.4 is 0 Å². The van der Waals surface area contributed by atoms with Crippen LogP contribution in [0.5, 0.6) is 0 Å². The fraction of sp³-hybridized carbons (Fsp3) is 0.462. The predicted octanol–water partition coefficient (Wildman–Crippen LogP) is 1.06. The fourth-order valence-electron chi connectivity index (χ4n) is 2.08. The van der Waals surface area contributed by atoms with Crippen molar-refractivity contribution >= 4 is 11.6 Å². The minimum atomic E-state index is -0.511. The van der Waals surface area contributed by atoms with Crippen LogP contribution >= 0.6 is 0 Å². The summed E-state index contributed by atoms with van der Waals surface area (Å²) in [5, 5.41) is 18.6. The van der Waals surface area contributed by atoms with Gasteiger partial charge in [-0.2, -0.15) is 10.2 Å². The van der Waals surface area contributed by atoms with Crippen molar-refractivity contribution < 1.29 is 9.72 Å². The number of aryl methyl sites for hydroxylation is 2. The van der Waals surface area contributed by atoms with Crippen molar-refractivity contribution in [2.24, 2.45) is 0 Å². The molecule has 2 aromatic heterocycles. The zero-order valence-electron chi connectivity index (χ0n) is 12.5. The highest BCUT2D eigenvalue weighted by Crippen LogP contribution is 2.09. The molecule has 0 aliphatic heterocycles. The Morgan fingerprint density at radius 1 is 1.45 bits per heavy atom. The van der Waals surface area contributed by atoms with Crippen molar-refractivity contribution in [2.75, 3.05) is 7.05 Å². The van der Waals surface area contributed by atoms with E-state index >= 15 is 0 Å². The van der Waals surface area contributed by atoms with E-state index in [1.165, 1.54) is 17.1 Å². The van der Waals surface area contributed by atoms with E-state index < -0.39 is 4.92 Å². The number of hydrogen-bond acceptors (Lipinski definition) is 5. The Labute approximate surface area is 127 Å². The zero-order valence-corrected chi connectivity index (χ0v) is 12.5. The molecule has 0 radical (unpaired) electrons. The Balaban J connectivity index is 1.87. The van der Waals surface area contributed by atoms with Crippen LogP contribution in [0.2, 0.25) is 0 Å². The molecule has 0 saturated carbocycles. The van der Waals surface area contributed by atoms with Crippen LogP contribution in [0.3, 0.4) is 0 Å². The van der Waals surface area contributed by atoms with E-state index in [0.29, 0.717) is 13.1 Å². The van der Waals surface area contributed by atoms with E-state index in [4.69, 9.17) is 0 Å². The van der Waals surface area contributed by atoms with Crippen molar-refractivity contribution in [3.8, 4) is 0 Å². The van der Waals surface area contributed by atoms with E-state index in [1.54, 1.807) is 18.1 Å². The van der Waals surface area contributed by atoms with Gasteiger partial charge in [-0.05, 0) is 13.0 Å². The molecule has 2 rings (SSSR count). The second-order valence-electron chi connectivity index (χ2n) is 4.86. The van der Waals surface area contributed by atoms with Crippen LogP contribution in [-0.2, 0) is 24.4 Å². The van der Waals surface area contributed by atoms with Gasteiger partial charge in [-0.3, -0.25) is 24.3 Å². The van der Waals surface area contributed by atoms with Crippen LogP contribution in [0.25, 0.3) is 0 Å². The molecule has 9 heteroatoms. The van der Waals surface area contributed by atoms with E-state index in [9.17, 15) is 14.9 Å². The Morgan fingerprint density at radius 3 is 2.86 bits per heavy atom. The van der Waals surface area contributed by atoms with Crippen LogP contribution in [-0.4, -0.2) is 42.3 Å². The monoisotopic (exact) mass is 306 g/mol. The van der Waals surface area contributed by atoms with E-state index in [2.05, 4.69) is 10.2 Å².